The van der Waals surface area contributed by atoms with Crippen LogP contribution in [-0.2, 0) is 13.2 Å². The number of benzene rings is 1. The lowest BCUT2D eigenvalue weighted by atomic mass is 10.0. The van der Waals surface area contributed by atoms with Crippen molar-refractivity contribution >= 4 is 12.1 Å². The summed E-state index contributed by atoms with van der Waals surface area (Å²) < 4.78 is 5.13. The molecule has 4 N–H and O–H groups in total. The van der Waals surface area contributed by atoms with Crippen LogP contribution in [0.25, 0.3) is 0 Å². The number of hydrogen-bond donors (Lipinski definition) is 4. The average Bonchev–Trinajstić information content (AvgIpc) is 3.06. The fraction of sp³-hybridized carbons (Fsp3) is 0.214. The maximum atomic E-state index is 12.1. The number of amides is 1. The zero-order chi connectivity index (χ0) is 15.9. The Labute approximate surface area is 126 Å². The van der Waals surface area contributed by atoms with E-state index >= 15 is 0 Å². The molecule has 0 fully saturated rings. The third kappa shape index (κ3) is 3.48. The Morgan fingerprint density at radius 3 is 2.86 bits per heavy atom. The van der Waals surface area contributed by atoms with E-state index in [0.29, 0.717) is 22.6 Å². The average molecular weight is 304 g/mol. The molecule has 1 amide bonds. The molecule has 0 saturated heterocycles. The molecule has 8 nitrogen and oxygen atoms in total. The molecule has 0 bridgehead atoms. The van der Waals surface area contributed by atoms with Crippen molar-refractivity contribution in [2.45, 2.75) is 13.2 Å². The summed E-state index contributed by atoms with van der Waals surface area (Å²) in [6, 6.07) is 2.96. The van der Waals surface area contributed by atoms with Gasteiger partial charge in [0.2, 0.25) is 0 Å². The molecule has 0 radical (unpaired) electrons. The summed E-state index contributed by atoms with van der Waals surface area (Å²) in [5.74, 6) is -0.134. The second-order valence-electron chi connectivity index (χ2n) is 4.34. The monoisotopic (exact) mass is 304 g/mol. The van der Waals surface area contributed by atoms with Crippen LogP contribution < -0.4 is 10.2 Å². The molecule has 116 valence electrons. The molecule has 0 unspecified atom stereocenters. The Morgan fingerprint density at radius 2 is 2.27 bits per heavy atom. The highest BCUT2D eigenvalue weighted by Crippen LogP contribution is 2.25. The highest BCUT2D eigenvalue weighted by Gasteiger charge is 2.14. The third-order valence-corrected chi connectivity index (χ3v) is 3.00. The summed E-state index contributed by atoms with van der Waals surface area (Å²) in [6.45, 7) is -0.607. The fourth-order valence-corrected chi connectivity index (χ4v) is 1.90. The van der Waals surface area contributed by atoms with Crippen LogP contribution in [0.5, 0.6) is 5.75 Å². The van der Waals surface area contributed by atoms with Gasteiger partial charge in [-0.2, -0.15) is 5.10 Å². The number of aliphatic hydroxyl groups excluding tert-OH is 2. The molecule has 1 aromatic heterocycles. The standard InChI is InChI=1S/C14H16N4O4/c1-22-13-3-9(2-10(6-19)12(13)7-20)14(21)18-17-5-11-4-15-8-16-11/h2-5,8,19-20H,6-7H2,1H3,(H,15,16)(H,18,21). The lowest BCUT2D eigenvalue weighted by Crippen LogP contribution is -2.18. The number of carbonyl (C=O) groups excluding carboxylic acids is 1. The van der Waals surface area contributed by atoms with Crippen molar-refractivity contribution in [2.24, 2.45) is 5.10 Å². The SMILES string of the molecule is COc1cc(C(=O)NN=Cc2cnc[nH]2)cc(CO)c1CO. The summed E-state index contributed by atoms with van der Waals surface area (Å²) in [4.78, 5) is 18.7. The number of imidazole rings is 1. The van der Waals surface area contributed by atoms with Crippen LogP contribution in [-0.4, -0.2) is 39.4 Å². The fourth-order valence-electron chi connectivity index (χ4n) is 1.90. The van der Waals surface area contributed by atoms with Gasteiger partial charge in [-0.1, -0.05) is 0 Å². The van der Waals surface area contributed by atoms with Gasteiger partial charge >= 0.3 is 0 Å². The number of rotatable bonds is 6. The lowest BCUT2D eigenvalue weighted by molar-refractivity contribution is 0.0954. The number of aliphatic hydroxyl groups is 2. The zero-order valence-electron chi connectivity index (χ0n) is 11.9. The predicted octanol–water partition coefficient (Wildman–Crippen LogP) is 0.167. The number of H-pyrrole nitrogens is 1. The minimum Gasteiger partial charge on any atom is -0.496 e. The van der Waals surface area contributed by atoms with E-state index in [1.54, 1.807) is 6.20 Å². The molecule has 0 aliphatic heterocycles. The van der Waals surface area contributed by atoms with Gasteiger partial charge in [-0.3, -0.25) is 4.79 Å². The second-order valence-corrected chi connectivity index (χ2v) is 4.34. The zero-order valence-corrected chi connectivity index (χ0v) is 11.9. The summed E-state index contributed by atoms with van der Waals surface area (Å²) in [5.41, 5.74) is 4.13. The third-order valence-electron chi connectivity index (χ3n) is 3.00. The molecule has 1 heterocycles. The quantitative estimate of drug-likeness (QED) is 0.448. The van der Waals surface area contributed by atoms with Gasteiger partial charge in [-0.15, -0.1) is 0 Å². The second kappa shape index (κ2) is 7.34. The highest BCUT2D eigenvalue weighted by molar-refractivity contribution is 5.95. The Bertz CT molecular complexity index is 642. The predicted molar refractivity (Wildman–Crippen MR) is 78.5 cm³/mol. The van der Waals surface area contributed by atoms with Crippen LogP contribution in [0.3, 0.4) is 0 Å². The van der Waals surface area contributed by atoms with Crippen molar-refractivity contribution in [1.82, 2.24) is 15.4 Å². The first-order valence-electron chi connectivity index (χ1n) is 6.42. The van der Waals surface area contributed by atoms with E-state index in [1.807, 2.05) is 0 Å². The van der Waals surface area contributed by atoms with Gasteiger partial charge in [-0.05, 0) is 17.7 Å². The summed E-state index contributed by atoms with van der Waals surface area (Å²) >= 11 is 0. The van der Waals surface area contributed by atoms with E-state index in [4.69, 9.17) is 4.74 Å². The summed E-state index contributed by atoms with van der Waals surface area (Å²) in [5, 5.41) is 22.4. The van der Waals surface area contributed by atoms with E-state index in [0.717, 1.165) is 0 Å². The number of methoxy groups -OCH3 is 1. The minimum atomic E-state index is -0.465. The van der Waals surface area contributed by atoms with Crippen molar-refractivity contribution in [2.75, 3.05) is 7.11 Å². The van der Waals surface area contributed by atoms with Gasteiger partial charge in [-0.25, -0.2) is 10.4 Å². The first-order chi connectivity index (χ1) is 10.7. The first kappa shape index (κ1) is 15.7. The van der Waals surface area contributed by atoms with Gasteiger partial charge in [0.1, 0.15) is 5.75 Å². The molecule has 1 aromatic carbocycles. The van der Waals surface area contributed by atoms with Crippen molar-refractivity contribution in [3.05, 3.63) is 47.0 Å². The molecule has 0 aliphatic rings. The number of nitrogens with zero attached hydrogens (tertiary/aromatic N) is 2. The van der Waals surface area contributed by atoms with Crippen LogP contribution >= 0.6 is 0 Å². The molecular formula is C14H16N4O4. The maximum Gasteiger partial charge on any atom is 0.271 e. The van der Waals surface area contributed by atoms with Crippen LogP contribution in [0.15, 0.2) is 29.8 Å². The highest BCUT2D eigenvalue weighted by atomic mass is 16.5. The van der Waals surface area contributed by atoms with E-state index in [2.05, 4.69) is 20.5 Å². The molecule has 0 aliphatic carbocycles. The number of aromatic nitrogens is 2. The largest absolute Gasteiger partial charge is 0.496 e. The lowest BCUT2D eigenvalue weighted by Gasteiger charge is -2.12. The van der Waals surface area contributed by atoms with Gasteiger partial charge in [0, 0.05) is 11.1 Å². The first-order valence-corrected chi connectivity index (χ1v) is 6.42. The van der Waals surface area contributed by atoms with Gasteiger partial charge in [0.15, 0.2) is 0 Å². The summed E-state index contributed by atoms with van der Waals surface area (Å²) in [7, 11) is 1.42. The normalized spacial score (nSPS) is 10.9. The number of hydrogen-bond acceptors (Lipinski definition) is 6. The molecule has 0 atom stereocenters. The van der Waals surface area contributed by atoms with E-state index < -0.39 is 5.91 Å². The molecule has 22 heavy (non-hydrogen) atoms. The minimum absolute atomic E-state index is 0.264. The van der Waals surface area contributed by atoms with Crippen LogP contribution in [0.1, 0.15) is 27.2 Å². The van der Waals surface area contributed by atoms with Gasteiger partial charge in [0.25, 0.3) is 5.91 Å². The molecule has 2 aromatic rings. The Kier molecular flexibility index (Phi) is 5.23. The van der Waals surface area contributed by atoms with Crippen LogP contribution in [0, 0.1) is 0 Å². The van der Waals surface area contributed by atoms with E-state index in [-0.39, 0.29) is 18.8 Å². The van der Waals surface area contributed by atoms with Crippen molar-refractivity contribution < 1.29 is 19.7 Å². The molecule has 2 rings (SSSR count). The van der Waals surface area contributed by atoms with Crippen LogP contribution in [0.2, 0.25) is 0 Å². The van der Waals surface area contributed by atoms with Crippen molar-refractivity contribution in [1.29, 1.82) is 0 Å². The number of carbonyl (C=O) groups is 1. The summed E-state index contributed by atoms with van der Waals surface area (Å²) in [6.07, 6.45) is 4.46. The molecule has 0 saturated carbocycles. The maximum absolute atomic E-state index is 12.1. The topological polar surface area (TPSA) is 120 Å². The van der Waals surface area contributed by atoms with Gasteiger partial charge < -0.3 is 19.9 Å². The molecular weight excluding hydrogens is 288 g/mol. The number of hydrazone groups is 1. The Morgan fingerprint density at radius 1 is 1.45 bits per heavy atom. The van der Waals surface area contributed by atoms with E-state index in [9.17, 15) is 15.0 Å². The number of aromatic amines is 1. The Balaban J connectivity index is 2.18. The van der Waals surface area contributed by atoms with Crippen molar-refractivity contribution in [3.8, 4) is 5.75 Å². The smallest absolute Gasteiger partial charge is 0.271 e. The Hall–Kier alpha value is -2.71. The number of ether oxygens (including phenoxy) is 1. The van der Waals surface area contributed by atoms with E-state index in [1.165, 1.54) is 31.8 Å². The number of nitrogens with one attached hydrogen (secondary N) is 2. The molecule has 0 spiro atoms. The van der Waals surface area contributed by atoms with Crippen molar-refractivity contribution in [3.63, 3.8) is 0 Å². The van der Waals surface area contributed by atoms with Crippen LogP contribution in [0.4, 0.5) is 0 Å². The van der Waals surface area contributed by atoms with Gasteiger partial charge in [0.05, 0.1) is 44.8 Å². The molecule has 8 heteroatoms.